The van der Waals surface area contributed by atoms with Gasteiger partial charge in [0, 0.05) is 25.8 Å². The molecule has 0 radical (unpaired) electrons. The number of benzene rings is 1. The van der Waals surface area contributed by atoms with Gasteiger partial charge in [-0.05, 0) is 38.3 Å². The quantitative estimate of drug-likeness (QED) is 0.712. The van der Waals surface area contributed by atoms with Crippen molar-refractivity contribution in [2.24, 2.45) is 0 Å². The monoisotopic (exact) mass is 292 g/mol. The average molecular weight is 292 g/mol. The molecule has 2 N–H and O–H groups in total. The Morgan fingerprint density at radius 2 is 1.86 bits per heavy atom. The molecule has 0 aliphatic rings. The Bertz CT molecular complexity index is 448. The van der Waals surface area contributed by atoms with Gasteiger partial charge >= 0.3 is 0 Å². The Kier molecular flexibility index (Phi) is 7.46. The molecule has 0 saturated heterocycles. The molecule has 0 fully saturated rings. The van der Waals surface area contributed by atoms with Gasteiger partial charge in [-0.15, -0.1) is 0 Å². The molecular formula is C16H24N2O3. The maximum atomic E-state index is 12.1. The van der Waals surface area contributed by atoms with Gasteiger partial charge < -0.3 is 15.3 Å². The lowest BCUT2D eigenvalue weighted by atomic mass is 10.2. The van der Waals surface area contributed by atoms with Gasteiger partial charge in [-0.3, -0.25) is 9.59 Å². The van der Waals surface area contributed by atoms with Crippen molar-refractivity contribution in [1.82, 2.24) is 10.2 Å². The summed E-state index contributed by atoms with van der Waals surface area (Å²) in [5.74, 6) is -0.353. The van der Waals surface area contributed by atoms with Crippen LogP contribution in [0.5, 0.6) is 0 Å². The first-order chi connectivity index (χ1) is 10.1. The van der Waals surface area contributed by atoms with Crippen LogP contribution in [-0.4, -0.2) is 48.1 Å². The number of unbranched alkanes of at least 4 members (excludes halogenated alkanes) is 2. The largest absolute Gasteiger partial charge is 0.396 e. The molecule has 1 aromatic carbocycles. The highest BCUT2D eigenvalue weighted by atomic mass is 16.3. The van der Waals surface area contributed by atoms with E-state index in [2.05, 4.69) is 5.32 Å². The van der Waals surface area contributed by atoms with Crippen molar-refractivity contribution in [2.45, 2.75) is 32.2 Å². The summed E-state index contributed by atoms with van der Waals surface area (Å²) in [6.45, 7) is 2.50. The number of likely N-dealkylation sites (N-methyl/N-ethyl adjacent to an activating group) is 1. The van der Waals surface area contributed by atoms with Crippen LogP contribution in [0.25, 0.3) is 0 Å². The Morgan fingerprint density at radius 3 is 2.48 bits per heavy atom. The van der Waals surface area contributed by atoms with E-state index in [1.54, 1.807) is 43.1 Å². The van der Waals surface area contributed by atoms with Crippen molar-refractivity contribution in [3.8, 4) is 0 Å². The number of rotatable bonds is 8. The normalized spacial score (nSPS) is 11.8. The second kappa shape index (κ2) is 9.13. The Balaban J connectivity index is 2.41. The number of hydrogen-bond donors (Lipinski definition) is 2. The third kappa shape index (κ3) is 5.95. The zero-order valence-corrected chi connectivity index (χ0v) is 12.7. The fourth-order valence-electron chi connectivity index (χ4n) is 2.01. The minimum Gasteiger partial charge on any atom is -0.396 e. The number of amides is 2. The first-order valence-corrected chi connectivity index (χ1v) is 7.28. The van der Waals surface area contributed by atoms with E-state index in [1.807, 2.05) is 6.07 Å². The zero-order chi connectivity index (χ0) is 15.7. The van der Waals surface area contributed by atoms with Crippen LogP contribution in [-0.2, 0) is 4.79 Å². The fraction of sp³-hybridized carbons (Fsp3) is 0.500. The van der Waals surface area contributed by atoms with E-state index in [-0.39, 0.29) is 18.4 Å². The molecule has 0 aromatic heterocycles. The first-order valence-electron chi connectivity index (χ1n) is 7.28. The number of nitrogens with one attached hydrogen (secondary N) is 1. The lowest BCUT2D eigenvalue weighted by Gasteiger charge is -2.22. The number of hydrogen-bond acceptors (Lipinski definition) is 3. The van der Waals surface area contributed by atoms with Crippen LogP contribution >= 0.6 is 0 Å². The van der Waals surface area contributed by atoms with Crippen molar-refractivity contribution in [3.05, 3.63) is 35.9 Å². The third-order valence-corrected chi connectivity index (χ3v) is 3.28. The molecule has 1 rings (SSSR count). The van der Waals surface area contributed by atoms with Crippen molar-refractivity contribution in [2.75, 3.05) is 20.2 Å². The number of carbonyl (C=O) groups is 2. The van der Waals surface area contributed by atoms with Gasteiger partial charge in [0.25, 0.3) is 5.91 Å². The predicted molar refractivity (Wildman–Crippen MR) is 81.9 cm³/mol. The molecule has 0 bridgehead atoms. The summed E-state index contributed by atoms with van der Waals surface area (Å²) in [5, 5.41) is 11.4. The molecule has 0 heterocycles. The van der Waals surface area contributed by atoms with Gasteiger partial charge in [-0.1, -0.05) is 18.2 Å². The third-order valence-electron chi connectivity index (χ3n) is 3.28. The summed E-state index contributed by atoms with van der Waals surface area (Å²) >= 11 is 0. The zero-order valence-electron chi connectivity index (χ0n) is 12.7. The van der Waals surface area contributed by atoms with E-state index in [0.29, 0.717) is 12.1 Å². The molecule has 21 heavy (non-hydrogen) atoms. The molecule has 0 aliphatic heterocycles. The SMILES string of the molecule is CC(NC(=O)c1ccccc1)C(=O)N(C)CCCCCO. The molecule has 0 saturated carbocycles. The number of carbonyl (C=O) groups excluding carboxylic acids is 2. The second-order valence-electron chi connectivity index (χ2n) is 5.11. The van der Waals surface area contributed by atoms with Crippen molar-refractivity contribution < 1.29 is 14.7 Å². The molecule has 2 amide bonds. The van der Waals surface area contributed by atoms with Crippen LogP contribution in [0.2, 0.25) is 0 Å². The maximum absolute atomic E-state index is 12.1. The summed E-state index contributed by atoms with van der Waals surface area (Å²) < 4.78 is 0. The van der Waals surface area contributed by atoms with E-state index in [9.17, 15) is 9.59 Å². The van der Waals surface area contributed by atoms with E-state index < -0.39 is 6.04 Å². The predicted octanol–water partition coefficient (Wildman–Crippen LogP) is 1.43. The van der Waals surface area contributed by atoms with Crippen LogP contribution in [0.4, 0.5) is 0 Å². The van der Waals surface area contributed by atoms with Gasteiger partial charge in [0.05, 0.1) is 0 Å². The van der Waals surface area contributed by atoms with Crippen LogP contribution in [0, 0.1) is 0 Å². The lowest BCUT2D eigenvalue weighted by Crippen LogP contribution is -2.45. The molecule has 0 aliphatic carbocycles. The molecule has 1 atom stereocenters. The molecule has 1 aromatic rings. The highest BCUT2D eigenvalue weighted by Crippen LogP contribution is 2.02. The van der Waals surface area contributed by atoms with Gasteiger partial charge in [0.1, 0.15) is 6.04 Å². The smallest absolute Gasteiger partial charge is 0.251 e. The van der Waals surface area contributed by atoms with E-state index in [4.69, 9.17) is 5.11 Å². The van der Waals surface area contributed by atoms with Gasteiger partial charge in [0.15, 0.2) is 0 Å². The maximum Gasteiger partial charge on any atom is 0.251 e. The van der Waals surface area contributed by atoms with Gasteiger partial charge in [-0.2, -0.15) is 0 Å². The van der Waals surface area contributed by atoms with E-state index in [0.717, 1.165) is 19.3 Å². The lowest BCUT2D eigenvalue weighted by molar-refractivity contribution is -0.131. The van der Waals surface area contributed by atoms with Gasteiger partial charge in [0.2, 0.25) is 5.91 Å². The van der Waals surface area contributed by atoms with Gasteiger partial charge in [-0.25, -0.2) is 0 Å². The van der Waals surface area contributed by atoms with Crippen LogP contribution in [0.15, 0.2) is 30.3 Å². The first kappa shape index (κ1) is 17.2. The van der Waals surface area contributed by atoms with Crippen molar-refractivity contribution in [1.29, 1.82) is 0 Å². The molecular weight excluding hydrogens is 268 g/mol. The highest BCUT2D eigenvalue weighted by molar-refractivity contribution is 5.97. The summed E-state index contributed by atoms with van der Waals surface area (Å²) in [7, 11) is 1.73. The highest BCUT2D eigenvalue weighted by Gasteiger charge is 2.19. The van der Waals surface area contributed by atoms with Crippen LogP contribution in [0.1, 0.15) is 36.5 Å². The minimum atomic E-state index is -0.555. The second-order valence-corrected chi connectivity index (χ2v) is 5.11. The summed E-state index contributed by atoms with van der Waals surface area (Å²) in [5.41, 5.74) is 0.544. The standard InChI is InChI=1S/C16H24N2O3/c1-13(16(21)18(2)11-7-4-8-12-19)17-15(20)14-9-5-3-6-10-14/h3,5-6,9-10,13,19H,4,7-8,11-12H2,1-2H3,(H,17,20). The Hall–Kier alpha value is -1.88. The summed E-state index contributed by atoms with van der Waals surface area (Å²) in [4.78, 5) is 25.7. The molecule has 1 unspecified atom stereocenters. The molecule has 0 spiro atoms. The fourth-order valence-corrected chi connectivity index (χ4v) is 2.01. The summed E-state index contributed by atoms with van der Waals surface area (Å²) in [6, 6.07) is 8.28. The number of aliphatic hydroxyl groups excluding tert-OH is 1. The molecule has 116 valence electrons. The Labute approximate surface area is 126 Å². The van der Waals surface area contributed by atoms with Crippen LogP contribution in [0.3, 0.4) is 0 Å². The molecule has 5 heteroatoms. The topological polar surface area (TPSA) is 69.6 Å². The van der Waals surface area contributed by atoms with E-state index >= 15 is 0 Å². The number of aliphatic hydroxyl groups is 1. The molecule has 5 nitrogen and oxygen atoms in total. The van der Waals surface area contributed by atoms with Crippen LogP contribution < -0.4 is 5.32 Å². The average Bonchev–Trinajstić information content (AvgIpc) is 2.51. The van der Waals surface area contributed by atoms with Crippen molar-refractivity contribution >= 4 is 11.8 Å². The Morgan fingerprint density at radius 1 is 1.19 bits per heavy atom. The number of nitrogens with zero attached hydrogens (tertiary/aromatic N) is 1. The summed E-state index contributed by atoms with van der Waals surface area (Å²) in [6.07, 6.45) is 2.49. The minimum absolute atomic E-state index is 0.108. The van der Waals surface area contributed by atoms with Crippen molar-refractivity contribution in [3.63, 3.8) is 0 Å². The van der Waals surface area contributed by atoms with E-state index in [1.165, 1.54) is 0 Å².